The highest BCUT2D eigenvalue weighted by Gasteiger charge is 2.55. The van der Waals surface area contributed by atoms with Gasteiger partial charge in [0.2, 0.25) is 0 Å². The minimum absolute atomic E-state index is 0.247. The maximum atomic E-state index is 11.7. The zero-order valence-electron chi connectivity index (χ0n) is 6.95. The van der Waals surface area contributed by atoms with Gasteiger partial charge in [-0.1, -0.05) is 6.08 Å². The molecular formula is C10H12O2. The lowest BCUT2D eigenvalue weighted by Gasteiger charge is -2.32. The van der Waals surface area contributed by atoms with E-state index in [0.29, 0.717) is 18.1 Å². The first kappa shape index (κ1) is 6.84. The third kappa shape index (κ3) is 0.626. The van der Waals surface area contributed by atoms with Crippen molar-refractivity contribution in [2.45, 2.75) is 37.4 Å². The van der Waals surface area contributed by atoms with Gasteiger partial charge in [-0.15, -0.1) is 0 Å². The van der Waals surface area contributed by atoms with Crippen molar-refractivity contribution >= 4 is 5.78 Å². The summed E-state index contributed by atoms with van der Waals surface area (Å²) in [5, 5.41) is 0. The van der Waals surface area contributed by atoms with E-state index in [1.54, 1.807) is 0 Å². The molecule has 0 aromatic carbocycles. The van der Waals surface area contributed by atoms with Crippen LogP contribution < -0.4 is 0 Å². The number of Topliss-reactive ketones (excluding diaryl/α,β-unsaturated/α-hetero) is 1. The summed E-state index contributed by atoms with van der Waals surface area (Å²) in [5.74, 6) is 0.809. The Balaban J connectivity index is 2.06. The van der Waals surface area contributed by atoms with E-state index in [4.69, 9.17) is 4.74 Å². The Kier molecular flexibility index (Phi) is 1.14. The Labute approximate surface area is 71.6 Å². The Morgan fingerprint density at radius 2 is 2.50 bits per heavy atom. The van der Waals surface area contributed by atoms with Gasteiger partial charge < -0.3 is 4.74 Å². The van der Waals surface area contributed by atoms with E-state index in [1.165, 1.54) is 6.42 Å². The van der Waals surface area contributed by atoms with E-state index in [1.807, 2.05) is 6.08 Å². The van der Waals surface area contributed by atoms with E-state index in [9.17, 15) is 4.79 Å². The Hall–Kier alpha value is -0.630. The second kappa shape index (κ2) is 1.99. The molecule has 2 bridgehead atoms. The van der Waals surface area contributed by atoms with Crippen molar-refractivity contribution in [1.29, 1.82) is 0 Å². The first-order valence-electron chi connectivity index (χ1n) is 4.72. The summed E-state index contributed by atoms with van der Waals surface area (Å²) in [4.78, 5) is 11.7. The summed E-state index contributed by atoms with van der Waals surface area (Å²) in [7, 11) is 0. The van der Waals surface area contributed by atoms with Crippen molar-refractivity contribution in [1.82, 2.24) is 0 Å². The second-order valence-electron chi connectivity index (χ2n) is 4.06. The van der Waals surface area contributed by atoms with Gasteiger partial charge in [0.25, 0.3) is 0 Å². The van der Waals surface area contributed by atoms with E-state index in [2.05, 4.69) is 6.08 Å². The van der Waals surface area contributed by atoms with E-state index >= 15 is 0 Å². The fraction of sp³-hybridized carbons (Fsp3) is 0.700. The Bertz CT molecular complexity index is 269. The van der Waals surface area contributed by atoms with Gasteiger partial charge in [0.15, 0.2) is 5.78 Å². The molecule has 0 amide bonds. The zero-order valence-corrected chi connectivity index (χ0v) is 6.95. The zero-order chi connectivity index (χ0) is 8.18. The summed E-state index contributed by atoms with van der Waals surface area (Å²) in [6, 6.07) is 0. The lowest BCUT2D eigenvalue weighted by molar-refractivity contribution is -0.140. The largest absolute Gasteiger partial charge is 0.355 e. The molecule has 1 aliphatic carbocycles. The number of hydrogen-bond donors (Lipinski definition) is 0. The molecule has 0 aromatic heterocycles. The molecule has 1 spiro atoms. The number of carbonyl (C=O) groups excluding carboxylic acids is 1. The summed E-state index contributed by atoms with van der Waals surface area (Å²) < 4.78 is 5.72. The van der Waals surface area contributed by atoms with Crippen molar-refractivity contribution in [3.63, 3.8) is 0 Å². The average Bonchev–Trinajstić information content (AvgIpc) is 2.61. The third-order valence-electron chi connectivity index (χ3n) is 3.42. The average molecular weight is 164 g/mol. The van der Waals surface area contributed by atoms with E-state index in [0.717, 1.165) is 12.8 Å². The van der Waals surface area contributed by atoms with Crippen LogP contribution in [0.3, 0.4) is 0 Å². The molecular weight excluding hydrogens is 152 g/mol. The molecule has 2 fully saturated rings. The highest BCUT2D eigenvalue weighted by Crippen LogP contribution is 2.48. The molecule has 12 heavy (non-hydrogen) atoms. The van der Waals surface area contributed by atoms with Gasteiger partial charge >= 0.3 is 0 Å². The molecule has 0 N–H and O–H groups in total. The number of hydrogen-bond acceptors (Lipinski definition) is 2. The van der Waals surface area contributed by atoms with Gasteiger partial charge in [-0.25, -0.2) is 0 Å². The molecule has 0 aromatic rings. The molecule has 0 unspecified atom stereocenters. The summed E-state index contributed by atoms with van der Waals surface area (Å²) >= 11 is 0. The van der Waals surface area contributed by atoms with E-state index < -0.39 is 5.60 Å². The molecule has 2 nitrogen and oxygen atoms in total. The molecule has 3 atom stereocenters. The van der Waals surface area contributed by atoms with Gasteiger partial charge in [0.05, 0.1) is 6.10 Å². The SMILES string of the molecule is O=C1CCC[C@@H]2C[C@@H]3C=C[C@]12O3. The second-order valence-corrected chi connectivity index (χ2v) is 4.06. The number of rotatable bonds is 0. The summed E-state index contributed by atoms with van der Waals surface area (Å²) in [6.45, 7) is 0. The van der Waals surface area contributed by atoms with Gasteiger partial charge in [-0.2, -0.15) is 0 Å². The predicted molar refractivity (Wildman–Crippen MR) is 43.7 cm³/mol. The maximum absolute atomic E-state index is 11.7. The van der Waals surface area contributed by atoms with Crippen LogP contribution in [0, 0.1) is 5.92 Å². The first-order chi connectivity index (χ1) is 5.81. The van der Waals surface area contributed by atoms with Crippen LogP contribution in [0.4, 0.5) is 0 Å². The van der Waals surface area contributed by atoms with Crippen molar-refractivity contribution in [2.24, 2.45) is 5.92 Å². The molecule has 1 saturated heterocycles. The maximum Gasteiger partial charge on any atom is 0.168 e. The lowest BCUT2D eigenvalue weighted by Crippen LogP contribution is -2.44. The van der Waals surface area contributed by atoms with Crippen molar-refractivity contribution < 1.29 is 9.53 Å². The van der Waals surface area contributed by atoms with E-state index in [-0.39, 0.29) is 6.10 Å². The van der Waals surface area contributed by atoms with Crippen LogP contribution in [0.2, 0.25) is 0 Å². The minimum Gasteiger partial charge on any atom is -0.355 e. The van der Waals surface area contributed by atoms with Crippen LogP contribution in [-0.2, 0) is 9.53 Å². The van der Waals surface area contributed by atoms with Gasteiger partial charge in [-0.05, 0) is 25.3 Å². The molecule has 64 valence electrons. The Morgan fingerprint density at radius 1 is 1.58 bits per heavy atom. The third-order valence-corrected chi connectivity index (χ3v) is 3.42. The van der Waals surface area contributed by atoms with Crippen LogP contribution in [-0.4, -0.2) is 17.5 Å². The molecule has 2 aliphatic heterocycles. The molecule has 3 aliphatic rings. The van der Waals surface area contributed by atoms with Crippen LogP contribution in [0.5, 0.6) is 0 Å². The van der Waals surface area contributed by atoms with Crippen molar-refractivity contribution in [3.05, 3.63) is 12.2 Å². The molecule has 3 rings (SSSR count). The first-order valence-corrected chi connectivity index (χ1v) is 4.72. The van der Waals surface area contributed by atoms with Gasteiger partial charge in [0, 0.05) is 12.3 Å². The summed E-state index contributed by atoms with van der Waals surface area (Å²) in [5.41, 5.74) is -0.455. The standard InChI is InChI=1S/C10H12O2/c11-9-3-1-2-7-6-8-4-5-10(7,9)12-8/h4-5,7-8H,1-3,6H2/t7-,8+,10-/m1/s1. The number of fused-ring (bicyclic) bond motifs is 1. The number of ether oxygens (including phenoxy) is 1. The topological polar surface area (TPSA) is 26.3 Å². The van der Waals surface area contributed by atoms with Crippen LogP contribution in [0.1, 0.15) is 25.7 Å². The van der Waals surface area contributed by atoms with Crippen molar-refractivity contribution in [2.75, 3.05) is 0 Å². The Morgan fingerprint density at radius 3 is 3.25 bits per heavy atom. The highest BCUT2D eigenvalue weighted by atomic mass is 16.5. The fourth-order valence-electron chi connectivity index (χ4n) is 2.82. The van der Waals surface area contributed by atoms with Crippen LogP contribution in [0.25, 0.3) is 0 Å². The molecule has 2 heteroatoms. The van der Waals surface area contributed by atoms with Crippen molar-refractivity contribution in [3.8, 4) is 0 Å². The monoisotopic (exact) mass is 164 g/mol. The summed E-state index contributed by atoms with van der Waals surface area (Å²) in [6.07, 6.45) is 8.34. The normalized spacial score (nSPS) is 49.8. The molecule has 1 saturated carbocycles. The predicted octanol–water partition coefficient (Wildman–Crippen LogP) is 1.45. The van der Waals surface area contributed by atoms with Crippen LogP contribution >= 0.6 is 0 Å². The quantitative estimate of drug-likeness (QED) is 0.506. The molecule has 0 radical (unpaired) electrons. The van der Waals surface area contributed by atoms with Gasteiger partial charge in [0.1, 0.15) is 5.60 Å². The van der Waals surface area contributed by atoms with Gasteiger partial charge in [-0.3, -0.25) is 4.79 Å². The highest BCUT2D eigenvalue weighted by molar-refractivity contribution is 5.91. The minimum atomic E-state index is -0.455. The molecule has 2 heterocycles. The fourth-order valence-corrected chi connectivity index (χ4v) is 2.82. The smallest absolute Gasteiger partial charge is 0.168 e. The number of carbonyl (C=O) groups is 1. The lowest BCUT2D eigenvalue weighted by atomic mass is 9.72. The number of ketones is 1. The van der Waals surface area contributed by atoms with Crippen LogP contribution in [0.15, 0.2) is 12.2 Å².